The van der Waals surface area contributed by atoms with Gasteiger partial charge in [0.05, 0.1) is 23.5 Å². The molecule has 2 rings (SSSR count). The van der Waals surface area contributed by atoms with Gasteiger partial charge < -0.3 is 5.32 Å². The van der Waals surface area contributed by atoms with Gasteiger partial charge in [0.2, 0.25) is 0 Å². The third-order valence-corrected chi connectivity index (χ3v) is 3.30. The van der Waals surface area contributed by atoms with Crippen molar-refractivity contribution in [2.45, 2.75) is 26.4 Å². The van der Waals surface area contributed by atoms with E-state index in [-0.39, 0.29) is 0 Å². The fourth-order valence-electron chi connectivity index (χ4n) is 1.87. The van der Waals surface area contributed by atoms with Crippen LogP contribution in [0.3, 0.4) is 0 Å². The SMILES string of the molecule is CCCn1nccc1CNc1ccc(Br)cc1C#N. The van der Waals surface area contributed by atoms with Crippen LogP contribution in [0.1, 0.15) is 24.6 Å². The van der Waals surface area contributed by atoms with Gasteiger partial charge >= 0.3 is 0 Å². The molecule has 1 heterocycles. The molecule has 0 spiro atoms. The van der Waals surface area contributed by atoms with Crippen LogP contribution in [-0.4, -0.2) is 9.78 Å². The second-order valence-electron chi connectivity index (χ2n) is 4.20. The van der Waals surface area contributed by atoms with Crippen LogP contribution in [0.15, 0.2) is 34.9 Å². The van der Waals surface area contributed by atoms with E-state index in [2.05, 4.69) is 39.3 Å². The van der Waals surface area contributed by atoms with E-state index in [4.69, 9.17) is 5.26 Å². The summed E-state index contributed by atoms with van der Waals surface area (Å²) in [6, 6.07) is 9.83. The van der Waals surface area contributed by atoms with Gasteiger partial charge in [-0.1, -0.05) is 22.9 Å². The number of hydrogen-bond acceptors (Lipinski definition) is 3. The number of nitrogens with zero attached hydrogens (tertiary/aromatic N) is 3. The van der Waals surface area contributed by atoms with Crippen molar-refractivity contribution in [3.05, 3.63) is 46.2 Å². The van der Waals surface area contributed by atoms with Crippen molar-refractivity contribution in [2.75, 3.05) is 5.32 Å². The fraction of sp³-hybridized carbons (Fsp3) is 0.286. The number of halogens is 1. The van der Waals surface area contributed by atoms with Gasteiger partial charge in [0.1, 0.15) is 6.07 Å². The molecule has 0 saturated heterocycles. The highest BCUT2D eigenvalue weighted by atomic mass is 79.9. The summed E-state index contributed by atoms with van der Waals surface area (Å²) in [5, 5.41) is 16.7. The van der Waals surface area contributed by atoms with Crippen LogP contribution in [0.2, 0.25) is 0 Å². The maximum Gasteiger partial charge on any atom is 0.101 e. The van der Waals surface area contributed by atoms with Gasteiger partial charge in [0, 0.05) is 17.2 Å². The van der Waals surface area contributed by atoms with E-state index < -0.39 is 0 Å². The zero-order valence-corrected chi connectivity index (χ0v) is 12.3. The monoisotopic (exact) mass is 318 g/mol. The molecule has 2 aromatic rings. The van der Waals surface area contributed by atoms with Crippen LogP contribution in [0.4, 0.5) is 5.69 Å². The highest BCUT2D eigenvalue weighted by Gasteiger charge is 2.05. The average molecular weight is 319 g/mol. The maximum absolute atomic E-state index is 9.11. The number of anilines is 1. The van der Waals surface area contributed by atoms with Gasteiger partial charge in [-0.3, -0.25) is 4.68 Å². The predicted molar refractivity (Wildman–Crippen MR) is 78.7 cm³/mol. The van der Waals surface area contributed by atoms with E-state index in [9.17, 15) is 0 Å². The Morgan fingerprint density at radius 3 is 3.00 bits per heavy atom. The van der Waals surface area contributed by atoms with Gasteiger partial charge in [-0.15, -0.1) is 0 Å². The topological polar surface area (TPSA) is 53.6 Å². The molecule has 0 aliphatic carbocycles. The Balaban J connectivity index is 2.10. The lowest BCUT2D eigenvalue weighted by molar-refractivity contribution is 0.578. The van der Waals surface area contributed by atoms with Crippen LogP contribution in [0.5, 0.6) is 0 Å². The first-order chi connectivity index (χ1) is 9.24. The minimum absolute atomic E-state index is 0.635. The third-order valence-electron chi connectivity index (χ3n) is 2.80. The summed E-state index contributed by atoms with van der Waals surface area (Å²) in [4.78, 5) is 0. The predicted octanol–water partition coefficient (Wildman–Crippen LogP) is 3.54. The molecule has 0 bridgehead atoms. The Morgan fingerprint density at radius 1 is 1.42 bits per heavy atom. The Hall–Kier alpha value is -1.80. The van der Waals surface area contributed by atoms with Crippen molar-refractivity contribution in [2.24, 2.45) is 0 Å². The molecule has 1 aromatic heterocycles. The van der Waals surface area contributed by atoms with Crippen molar-refractivity contribution in [1.82, 2.24) is 9.78 Å². The molecule has 0 radical (unpaired) electrons. The van der Waals surface area contributed by atoms with Gasteiger partial charge in [-0.05, 0) is 30.7 Å². The molecule has 1 N–H and O–H groups in total. The number of nitriles is 1. The molecule has 98 valence electrons. The van der Waals surface area contributed by atoms with Crippen LogP contribution in [-0.2, 0) is 13.1 Å². The lowest BCUT2D eigenvalue weighted by Crippen LogP contribution is -2.09. The van der Waals surface area contributed by atoms with Crippen LogP contribution in [0, 0.1) is 11.3 Å². The Bertz CT molecular complexity index is 598. The molecule has 0 aliphatic heterocycles. The molecule has 0 amide bonds. The van der Waals surface area contributed by atoms with E-state index in [1.54, 1.807) is 6.20 Å². The molecule has 4 nitrogen and oxygen atoms in total. The third kappa shape index (κ3) is 3.36. The lowest BCUT2D eigenvalue weighted by atomic mass is 10.2. The molecule has 19 heavy (non-hydrogen) atoms. The number of benzene rings is 1. The first kappa shape index (κ1) is 13.6. The number of hydrogen-bond donors (Lipinski definition) is 1. The average Bonchev–Trinajstić information content (AvgIpc) is 2.85. The normalized spacial score (nSPS) is 10.2. The van der Waals surface area contributed by atoms with Crippen molar-refractivity contribution in [1.29, 1.82) is 5.26 Å². The van der Waals surface area contributed by atoms with Crippen molar-refractivity contribution in [3.63, 3.8) is 0 Å². The molecule has 0 aliphatic rings. The fourth-order valence-corrected chi connectivity index (χ4v) is 2.23. The summed E-state index contributed by atoms with van der Waals surface area (Å²) < 4.78 is 2.89. The summed E-state index contributed by atoms with van der Waals surface area (Å²) in [6.07, 6.45) is 2.86. The number of aromatic nitrogens is 2. The standard InChI is InChI=1S/C14H15BrN4/c1-2-7-19-13(5-6-18-19)10-17-14-4-3-12(15)8-11(14)9-16/h3-6,8,17H,2,7,10H2,1H3. The summed E-state index contributed by atoms with van der Waals surface area (Å²) in [5.41, 5.74) is 2.60. The number of aryl methyl sites for hydroxylation is 1. The highest BCUT2D eigenvalue weighted by molar-refractivity contribution is 9.10. The van der Waals surface area contributed by atoms with E-state index in [1.165, 1.54) is 0 Å². The molecular weight excluding hydrogens is 304 g/mol. The minimum Gasteiger partial charge on any atom is -0.378 e. The van der Waals surface area contributed by atoms with Gasteiger partial charge in [0.15, 0.2) is 0 Å². The molecule has 0 atom stereocenters. The quantitative estimate of drug-likeness (QED) is 0.917. The molecule has 0 fully saturated rings. The van der Waals surface area contributed by atoms with E-state index in [1.807, 2.05) is 28.9 Å². The highest BCUT2D eigenvalue weighted by Crippen LogP contribution is 2.20. The van der Waals surface area contributed by atoms with Crippen LogP contribution in [0.25, 0.3) is 0 Å². The zero-order valence-electron chi connectivity index (χ0n) is 10.7. The zero-order chi connectivity index (χ0) is 13.7. The van der Waals surface area contributed by atoms with E-state index >= 15 is 0 Å². The van der Waals surface area contributed by atoms with Gasteiger partial charge in [-0.25, -0.2) is 0 Å². The largest absolute Gasteiger partial charge is 0.378 e. The molecule has 0 unspecified atom stereocenters. The first-order valence-electron chi connectivity index (χ1n) is 6.18. The lowest BCUT2D eigenvalue weighted by Gasteiger charge is -2.10. The number of rotatable bonds is 5. The Labute approximate surface area is 121 Å². The minimum atomic E-state index is 0.635. The summed E-state index contributed by atoms with van der Waals surface area (Å²) in [7, 11) is 0. The van der Waals surface area contributed by atoms with Crippen molar-refractivity contribution < 1.29 is 0 Å². The molecule has 0 saturated carbocycles. The van der Waals surface area contributed by atoms with Crippen molar-refractivity contribution >= 4 is 21.6 Å². The van der Waals surface area contributed by atoms with Crippen molar-refractivity contribution in [3.8, 4) is 6.07 Å². The summed E-state index contributed by atoms with van der Waals surface area (Å²) in [6.45, 7) is 3.70. The second-order valence-corrected chi connectivity index (χ2v) is 5.12. The number of nitrogens with one attached hydrogen (secondary N) is 1. The second kappa shape index (κ2) is 6.39. The smallest absolute Gasteiger partial charge is 0.101 e. The Morgan fingerprint density at radius 2 is 2.26 bits per heavy atom. The van der Waals surface area contributed by atoms with Gasteiger partial charge in [0.25, 0.3) is 0 Å². The molecule has 1 aromatic carbocycles. The maximum atomic E-state index is 9.11. The Kier molecular flexibility index (Phi) is 4.58. The molecule has 5 heteroatoms. The van der Waals surface area contributed by atoms with E-state index in [0.717, 1.165) is 28.8 Å². The molecular formula is C14H15BrN4. The van der Waals surface area contributed by atoms with Gasteiger partial charge in [-0.2, -0.15) is 10.4 Å². The first-order valence-corrected chi connectivity index (χ1v) is 6.98. The summed E-state index contributed by atoms with van der Waals surface area (Å²) in [5.74, 6) is 0. The summed E-state index contributed by atoms with van der Waals surface area (Å²) >= 11 is 3.37. The van der Waals surface area contributed by atoms with E-state index in [0.29, 0.717) is 12.1 Å². The van der Waals surface area contributed by atoms with Crippen LogP contribution >= 0.6 is 15.9 Å². The van der Waals surface area contributed by atoms with Crippen LogP contribution < -0.4 is 5.32 Å².